The molecule has 0 amide bonds. The van der Waals surface area contributed by atoms with Crippen LogP contribution in [0, 0.1) is 5.92 Å². The number of ether oxygens (including phenoxy) is 2. The van der Waals surface area contributed by atoms with Gasteiger partial charge in [-0.3, -0.25) is 0 Å². The first-order valence-corrected chi connectivity index (χ1v) is 8.13. The molecule has 1 fully saturated rings. The van der Waals surface area contributed by atoms with Crippen LogP contribution in [0.4, 0.5) is 0 Å². The predicted molar refractivity (Wildman–Crippen MR) is 84.3 cm³/mol. The number of hydrogen-bond acceptors (Lipinski definition) is 4. The summed E-state index contributed by atoms with van der Waals surface area (Å²) < 4.78 is 10.1. The van der Waals surface area contributed by atoms with Crippen molar-refractivity contribution < 1.29 is 19.1 Å². The lowest BCUT2D eigenvalue weighted by Crippen LogP contribution is -2.22. The second-order valence-electron chi connectivity index (χ2n) is 6.54. The Morgan fingerprint density at radius 2 is 2.22 bits per heavy atom. The van der Waals surface area contributed by atoms with Gasteiger partial charge in [0, 0.05) is 23.0 Å². The summed E-state index contributed by atoms with van der Waals surface area (Å²) >= 11 is 0. The van der Waals surface area contributed by atoms with Gasteiger partial charge in [-0.25, -0.2) is 9.59 Å². The van der Waals surface area contributed by atoms with Crippen LogP contribution in [0.2, 0.25) is 0 Å². The number of cyclic esters (lactones) is 1. The van der Waals surface area contributed by atoms with Crippen LogP contribution in [0.25, 0.3) is 10.9 Å². The molecule has 0 unspecified atom stereocenters. The average molecular weight is 313 g/mol. The van der Waals surface area contributed by atoms with E-state index in [4.69, 9.17) is 9.47 Å². The summed E-state index contributed by atoms with van der Waals surface area (Å²) in [6.07, 6.45) is 2.95. The zero-order valence-corrected chi connectivity index (χ0v) is 13.1. The van der Waals surface area contributed by atoms with Crippen LogP contribution in [0.1, 0.15) is 41.4 Å². The lowest BCUT2D eigenvalue weighted by atomic mass is 9.87. The van der Waals surface area contributed by atoms with Crippen LogP contribution in [0.3, 0.4) is 0 Å². The maximum absolute atomic E-state index is 12.3. The number of carbonyl (C=O) groups excluding carboxylic acids is 2. The Morgan fingerprint density at radius 3 is 3.00 bits per heavy atom. The first-order valence-electron chi connectivity index (χ1n) is 8.13. The van der Waals surface area contributed by atoms with Crippen molar-refractivity contribution in [2.24, 2.45) is 5.92 Å². The molecule has 120 valence electrons. The number of rotatable bonds is 2. The van der Waals surface area contributed by atoms with Gasteiger partial charge in [0.15, 0.2) is 0 Å². The SMILES string of the molecule is C[C@@H]1CCc2[nH]c3ccc(C(=O)O[C@H]4CCOC4=O)cc3c2C1. The number of benzene rings is 1. The molecule has 1 aliphatic heterocycles. The molecule has 0 bridgehead atoms. The van der Waals surface area contributed by atoms with Crippen molar-refractivity contribution in [2.75, 3.05) is 6.61 Å². The van der Waals surface area contributed by atoms with Gasteiger partial charge in [-0.15, -0.1) is 0 Å². The van der Waals surface area contributed by atoms with Crippen LogP contribution in [0.5, 0.6) is 0 Å². The molecule has 1 aromatic heterocycles. The van der Waals surface area contributed by atoms with Crippen LogP contribution in [-0.4, -0.2) is 29.6 Å². The van der Waals surface area contributed by atoms with Gasteiger partial charge >= 0.3 is 11.9 Å². The molecule has 0 radical (unpaired) electrons. The summed E-state index contributed by atoms with van der Waals surface area (Å²) in [5.74, 6) is -0.257. The van der Waals surface area contributed by atoms with Crippen LogP contribution in [0.15, 0.2) is 18.2 Å². The number of fused-ring (bicyclic) bond motifs is 3. The van der Waals surface area contributed by atoms with E-state index in [2.05, 4.69) is 11.9 Å². The molecule has 1 N–H and O–H groups in total. The summed E-state index contributed by atoms with van der Waals surface area (Å²) in [6, 6.07) is 5.55. The van der Waals surface area contributed by atoms with Crippen molar-refractivity contribution in [3.05, 3.63) is 35.0 Å². The molecular formula is C18H19NO4. The van der Waals surface area contributed by atoms with Crippen LogP contribution in [-0.2, 0) is 27.1 Å². The highest BCUT2D eigenvalue weighted by Gasteiger charge is 2.30. The first-order chi connectivity index (χ1) is 11.1. The molecule has 1 aromatic carbocycles. The molecule has 2 aromatic rings. The van der Waals surface area contributed by atoms with Crippen molar-refractivity contribution in [1.82, 2.24) is 4.98 Å². The third-order valence-electron chi connectivity index (χ3n) is 4.81. The van der Waals surface area contributed by atoms with E-state index in [9.17, 15) is 9.59 Å². The predicted octanol–water partition coefficient (Wildman–Crippen LogP) is 2.77. The van der Waals surface area contributed by atoms with E-state index in [0.717, 1.165) is 23.7 Å². The fourth-order valence-electron chi connectivity index (χ4n) is 3.50. The van der Waals surface area contributed by atoms with Crippen molar-refractivity contribution in [3.8, 4) is 0 Å². The van der Waals surface area contributed by atoms with E-state index in [0.29, 0.717) is 24.5 Å². The largest absolute Gasteiger partial charge is 0.463 e. The zero-order chi connectivity index (χ0) is 16.0. The number of aromatic nitrogens is 1. The molecule has 2 heterocycles. The summed E-state index contributed by atoms with van der Waals surface area (Å²) in [5, 5.41) is 1.09. The summed E-state index contributed by atoms with van der Waals surface area (Å²) in [6.45, 7) is 2.57. The van der Waals surface area contributed by atoms with E-state index < -0.39 is 18.0 Å². The zero-order valence-electron chi connectivity index (χ0n) is 13.1. The monoisotopic (exact) mass is 313 g/mol. The molecule has 23 heavy (non-hydrogen) atoms. The number of hydrogen-bond donors (Lipinski definition) is 1. The van der Waals surface area contributed by atoms with E-state index in [-0.39, 0.29) is 0 Å². The fourth-order valence-corrected chi connectivity index (χ4v) is 3.50. The van der Waals surface area contributed by atoms with Crippen LogP contribution < -0.4 is 0 Å². The van der Waals surface area contributed by atoms with Gasteiger partial charge in [-0.1, -0.05) is 6.92 Å². The van der Waals surface area contributed by atoms with E-state index in [1.54, 1.807) is 6.07 Å². The molecule has 2 atom stereocenters. The Hall–Kier alpha value is -2.30. The van der Waals surface area contributed by atoms with Crippen molar-refractivity contribution >= 4 is 22.8 Å². The van der Waals surface area contributed by atoms with Crippen molar-refractivity contribution in [2.45, 2.75) is 38.7 Å². The first kappa shape index (κ1) is 14.3. The minimum absolute atomic E-state index is 0.318. The van der Waals surface area contributed by atoms with Gasteiger partial charge in [-0.2, -0.15) is 0 Å². The van der Waals surface area contributed by atoms with Gasteiger partial charge in [-0.05, 0) is 48.9 Å². The number of H-pyrrole nitrogens is 1. The highest BCUT2D eigenvalue weighted by atomic mass is 16.6. The summed E-state index contributed by atoms with van der Waals surface area (Å²) in [5.41, 5.74) is 4.13. The maximum atomic E-state index is 12.3. The lowest BCUT2D eigenvalue weighted by Gasteiger charge is -2.18. The van der Waals surface area contributed by atoms with Crippen molar-refractivity contribution in [1.29, 1.82) is 0 Å². The number of aryl methyl sites for hydroxylation is 1. The number of aromatic amines is 1. The highest BCUT2D eigenvalue weighted by molar-refractivity contribution is 5.97. The molecule has 5 heteroatoms. The third kappa shape index (κ3) is 2.50. The standard InChI is InChI=1S/C18H19NO4/c1-10-2-4-14-12(8-10)13-9-11(3-5-15(13)19-14)17(20)23-16-6-7-22-18(16)21/h3,5,9-10,16,19H,2,4,6-8H2,1H3/t10-,16+/m1/s1. The minimum Gasteiger partial charge on any atom is -0.463 e. The Morgan fingerprint density at radius 1 is 1.35 bits per heavy atom. The molecule has 0 saturated carbocycles. The molecular weight excluding hydrogens is 294 g/mol. The topological polar surface area (TPSA) is 68.4 Å². The van der Waals surface area contributed by atoms with Gasteiger partial charge < -0.3 is 14.5 Å². The molecule has 1 saturated heterocycles. The van der Waals surface area contributed by atoms with E-state index in [1.807, 2.05) is 12.1 Å². The van der Waals surface area contributed by atoms with Gasteiger partial charge in [0.1, 0.15) is 0 Å². The number of nitrogens with one attached hydrogen (secondary N) is 1. The van der Waals surface area contributed by atoms with Gasteiger partial charge in [0.05, 0.1) is 12.2 Å². The molecule has 1 aliphatic carbocycles. The molecule has 5 nitrogen and oxygen atoms in total. The van der Waals surface area contributed by atoms with Crippen molar-refractivity contribution in [3.63, 3.8) is 0 Å². The average Bonchev–Trinajstić information content (AvgIpc) is 3.10. The summed E-state index contributed by atoms with van der Waals surface area (Å²) in [4.78, 5) is 27.2. The maximum Gasteiger partial charge on any atom is 0.347 e. The Kier molecular flexibility index (Phi) is 3.36. The summed E-state index contributed by atoms with van der Waals surface area (Å²) in [7, 11) is 0. The van der Waals surface area contributed by atoms with Crippen LogP contribution >= 0.6 is 0 Å². The molecule has 4 rings (SSSR count). The van der Waals surface area contributed by atoms with E-state index in [1.165, 1.54) is 17.7 Å². The Labute approximate surface area is 134 Å². The molecule has 0 spiro atoms. The van der Waals surface area contributed by atoms with Gasteiger partial charge in [0.25, 0.3) is 0 Å². The molecule has 2 aliphatic rings. The number of carbonyl (C=O) groups is 2. The highest BCUT2D eigenvalue weighted by Crippen LogP contribution is 2.32. The second kappa shape index (κ2) is 5.41. The number of esters is 2. The lowest BCUT2D eigenvalue weighted by molar-refractivity contribution is -0.145. The Bertz CT molecular complexity index is 792. The second-order valence-corrected chi connectivity index (χ2v) is 6.54. The minimum atomic E-state index is -0.765. The Balaban J connectivity index is 1.64. The smallest absolute Gasteiger partial charge is 0.347 e. The normalized spacial score (nSPS) is 23.6. The quantitative estimate of drug-likeness (QED) is 0.866. The third-order valence-corrected chi connectivity index (χ3v) is 4.81. The van der Waals surface area contributed by atoms with E-state index >= 15 is 0 Å². The fraction of sp³-hybridized carbons (Fsp3) is 0.444. The van der Waals surface area contributed by atoms with Gasteiger partial charge in [0.2, 0.25) is 6.10 Å².